The predicted molar refractivity (Wildman–Crippen MR) is 150 cm³/mol. The lowest BCUT2D eigenvalue weighted by Crippen LogP contribution is -2.42. The number of carbonyl (C=O) groups excluding carboxylic acids is 3. The molecule has 0 spiro atoms. The zero-order chi connectivity index (χ0) is 29.5. The number of amides is 2. The zero-order valence-electron chi connectivity index (χ0n) is 21.3. The minimum absolute atomic E-state index is 0.0687. The predicted octanol–water partition coefficient (Wildman–Crippen LogP) is 3.70. The summed E-state index contributed by atoms with van der Waals surface area (Å²) >= 11 is 0. The fourth-order valence-electron chi connectivity index (χ4n) is 4.04. The van der Waals surface area contributed by atoms with Gasteiger partial charge in [-0.05, 0) is 77.0 Å². The SMILES string of the molecule is N=C(N)Nc1ccc(C(=O)Oc2ccc3c(C(=O)N[C@@H](Cc4ccc(C(=O)N=O)cc4)C(=O)O)cccc3c2)cc1. The number of aliphatic carboxylic acids is 1. The van der Waals surface area contributed by atoms with E-state index in [1.807, 2.05) is 0 Å². The van der Waals surface area contributed by atoms with Gasteiger partial charge in [0, 0.05) is 28.4 Å². The highest BCUT2D eigenvalue weighted by Gasteiger charge is 2.22. The lowest BCUT2D eigenvalue weighted by molar-refractivity contribution is -0.139. The van der Waals surface area contributed by atoms with Crippen LogP contribution in [0.25, 0.3) is 10.8 Å². The first kappa shape index (κ1) is 28.1. The number of hydrogen-bond acceptors (Lipinski definition) is 7. The number of carboxylic acid groups (broad SMARTS) is 1. The van der Waals surface area contributed by atoms with Gasteiger partial charge in [-0.25, -0.2) is 9.59 Å². The van der Waals surface area contributed by atoms with E-state index >= 15 is 0 Å². The van der Waals surface area contributed by atoms with E-state index in [0.29, 0.717) is 22.0 Å². The lowest BCUT2D eigenvalue weighted by atomic mass is 10.0. The molecule has 0 fully saturated rings. The molecule has 6 N–H and O–H groups in total. The number of benzene rings is 4. The minimum Gasteiger partial charge on any atom is -0.480 e. The average molecular weight is 554 g/mol. The molecule has 0 aromatic heterocycles. The normalized spacial score (nSPS) is 11.2. The summed E-state index contributed by atoms with van der Waals surface area (Å²) in [6.45, 7) is 0. The number of rotatable bonds is 9. The number of nitrogens with zero attached hydrogens (tertiary/aromatic N) is 1. The van der Waals surface area contributed by atoms with Crippen LogP contribution in [0.4, 0.5) is 5.69 Å². The van der Waals surface area contributed by atoms with Crippen LogP contribution in [0.2, 0.25) is 0 Å². The summed E-state index contributed by atoms with van der Waals surface area (Å²) in [6, 6.07) is 20.2. The molecule has 0 unspecified atom stereocenters. The summed E-state index contributed by atoms with van der Waals surface area (Å²) in [7, 11) is 0. The summed E-state index contributed by atoms with van der Waals surface area (Å²) in [6.07, 6.45) is -0.0687. The standard InChI is InChI=1S/C29H23N5O7/c30-29(31)32-20-10-8-18(9-11-20)28(39)41-21-12-13-22-19(15-21)2-1-3-23(22)26(36)33-24(27(37)38)14-16-4-6-17(7-5-16)25(35)34-40/h1-13,15,24H,14H2,(H,33,36)(H,37,38)(H4,30,31,32)/t24-/m0/s1. The van der Waals surface area contributed by atoms with Crippen LogP contribution in [-0.2, 0) is 11.2 Å². The topological polar surface area (TPSA) is 201 Å². The molecule has 1 atom stereocenters. The number of hydrogen-bond donors (Lipinski definition) is 5. The van der Waals surface area contributed by atoms with Crippen LogP contribution in [0.3, 0.4) is 0 Å². The maximum absolute atomic E-state index is 13.1. The van der Waals surface area contributed by atoms with E-state index in [0.717, 1.165) is 0 Å². The zero-order valence-corrected chi connectivity index (χ0v) is 21.3. The van der Waals surface area contributed by atoms with Crippen LogP contribution in [0.1, 0.15) is 36.6 Å². The van der Waals surface area contributed by atoms with Gasteiger partial charge >= 0.3 is 17.8 Å². The number of nitrogens with two attached hydrogens (primary N) is 1. The summed E-state index contributed by atoms with van der Waals surface area (Å²) in [4.78, 5) is 59.4. The Morgan fingerprint density at radius 2 is 1.61 bits per heavy atom. The van der Waals surface area contributed by atoms with Gasteiger partial charge in [-0.1, -0.05) is 24.3 Å². The first-order chi connectivity index (χ1) is 19.6. The average Bonchev–Trinajstić information content (AvgIpc) is 2.96. The Balaban J connectivity index is 1.48. The van der Waals surface area contributed by atoms with Crippen LogP contribution < -0.4 is 21.1 Å². The van der Waals surface area contributed by atoms with Gasteiger partial charge in [-0.2, -0.15) is 0 Å². The second kappa shape index (κ2) is 12.3. The van der Waals surface area contributed by atoms with Crippen LogP contribution in [0.5, 0.6) is 5.75 Å². The summed E-state index contributed by atoms with van der Waals surface area (Å²) in [5.41, 5.74) is 6.92. The fraction of sp³-hybridized carbons (Fsp3) is 0.0690. The molecule has 0 bridgehead atoms. The molecule has 0 aliphatic carbocycles. The maximum atomic E-state index is 13.1. The van der Waals surface area contributed by atoms with E-state index in [4.69, 9.17) is 15.9 Å². The third-order valence-corrected chi connectivity index (χ3v) is 6.03. The van der Waals surface area contributed by atoms with Crippen molar-refractivity contribution in [1.82, 2.24) is 5.32 Å². The van der Waals surface area contributed by atoms with Gasteiger partial charge in [0.2, 0.25) is 0 Å². The van der Waals surface area contributed by atoms with Crippen molar-refractivity contribution in [3.05, 3.63) is 112 Å². The molecule has 4 aromatic carbocycles. The van der Waals surface area contributed by atoms with Crippen molar-refractivity contribution in [2.24, 2.45) is 10.9 Å². The Bertz CT molecular complexity index is 1670. The minimum atomic E-state index is -1.28. The van der Waals surface area contributed by atoms with E-state index in [9.17, 15) is 29.2 Å². The van der Waals surface area contributed by atoms with Crippen LogP contribution in [0.15, 0.2) is 90.1 Å². The van der Waals surface area contributed by atoms with E-state index in [-0.39, 0.29) is 34.8 Å². The number of ether oxygens (including phenoxy) is 1. The number of carboxylic acids is 1. The molecule has 0 radical (unpaired) electrons. The van der Waals surface area contributed by atoms with E-state index < -0.39 is 29.8 Å². The lowest BCUT2D eigenvalue weighted by Gasteiger charge is -2.16. The first-order valence-electron chi connectivity index (χ1n) is 12.1. The van der Waals surface area contributed by atoms with Crippen LogP contribution in [0, 0.1) is 10.3 Å². The van der Waals surface area contributed by atoms with Crippen molar-refractivity contribution in [3.63, 3.8) is 0 Å². The maximum Gasteiger partial charge on any atom is 0.343 e. The number of nitroso groups, excluding NO2 is 1. The Hall–Kier alpha value is -5.91. The van der Waals surface area contributed by atoms with E-state index in [1.54, 1.807) is 42.5 Å². The molecule has 12 heteroatoms. The highest BCUT2D eigenvalue weighted by atomic mass is 16.5. The highest BCUT2D eigenvalue weighted by Crippen LogP contribution is 2.25. The van der Waals surface area contributed by atoms with Crippen LogP contribution >= 0.6 is 0 Å². The van der Waals surface area contributed by atoms with Gasteiger partial charge in [-0.3, -0.25) is 15.0 Å². The Labute approximate surface area is 232 Å². The molecule has 2 amide bonds. The van der Waals surface area contributed by atoms with Crippen molar-refractivity contribution in [1.29, 1.82) is 5.41 Å². The third-order valence-electron chi connectivity index (χ3n) is 6.03. The molecule has 12 nitrogen and oxygen atoms in total. The highest BCUT2D eigenvalue weighted by molar-refractivity contribution is 6.08. The van der Waals surface area contributed by atoms with Gasteiger partial charge in [0.25, 0.3) is 5.91 Å². The quantitative estimate of drug-likeness (QED) is 0.0673. The molecular formula is C29H23N5O7. The smallest absolute Gasteiger partial charge is 0.343 e. The Morgan fingerprint density at radius 1 is 0.927 bits per heavy atom. The van der Waals surface area contributed by atoms with Crippen LogP contribution in [-0.4, -0.2) is 40.9 Å². The third kappa shape index (κ3) is 6.95. The monoisotopic (exact) mass is 553 g/mol. The van der Waals surface area contributed by atoms with Crippen molar-refractivity contribution in [2.45, 2.75) is 12.5 Å². The van der Waals surface area contributed by atoms with Gasteiger partial charge in [0.05, 0.1) is 5.56 Å². The molecule has 206 valence electrons. The second-order valence-corrected chi connectivity index (χ2v) is 8.86. The Kier molecular flexibility index (Phi) is 8.43. The number of guanidine groups is 1. The first-order valence-corrected chi connectivity index (χ1v) is 12.1. The Morgan fingerprint density at radius 3 is 2.24 bits per heavy atom. The molecular weight excluding hydrogens is 530 g/mol. The summed E-state index contributed by atoms with van der Waals surface area (Å²) in [5.74, 6) is -3.43. The molecule has 4 aromatic rings. The van der Waals surface area contributed by atoms with Gasteiger partial charge in [0.15, 0.2) is 5.96 Å². The molecule has 0 heterocycles. The number of carbonyl (C=O) groups is 4. The van der Waals surface area contributed by atoms with Gasteiger partial charge < -0.3 is 26.2 Å². The van der Waals surface area contributed by atoms with Gasteiger partial charge in [-0.15, -0.1) is 4.91 Å². The van der Waals surface area contributed by atoms with E-state index in [2.05, 4.69) is 15.8 Å². The summed E-state index contributed by atoms with van der Waals surface area (Å²) in [5, 5.41) is 25.5. The molecule has 0 aliphatic rings. The van der Waals surface area contributed by atoms with Crippen molar-refractivity contribution >= 4 is 46.2 Å². The molecule has 41 heavy (non-hydrogen) atoms. The molecule has 0 aliphatic heterocycles. The fourth-order valence-corrected chi connectivity index (χ4v) is 4.04. The van der Waals surface area contributed by atoms with Crippen molar-refractivity contribution < 1.29 is 29.0 Å². The molecule has 0 saturated carbocycles. The number of nitrogens with one attached hydrogen (secondary N) is 3. The second-order valence-electron chi connectivity index (χ2n) is 8.86. The molecule has 4 rings (SSSR count). The molecule has 0 saturated heterocycles. The van der Waals surface area contributed by atoms with Crippen molar-refractivity contribution in [3.8, 4) is 5.75 Å². The number of esters is 1. The van der Waals surface area contributed by atoms with E-state index in [1.165, 1.54) is 42.5 Å². The summed E-state index contributed by atoms with van der Waals surface area (Å²) < 4.78 is 5.47. The van der Waals surface area contributed by atoms with Crippen molar-refractivity contribution in [2.75, 3.05) is 5.32 Å². The largest absolute Gasteiger partial charge is 0.480 e. The number of anilines is 1. The van der Waals surface area contributed by atoms with Gasteiger partial charge in [0.1, 0.15) is 11.8 Å². The number of fused-ring (bicyclic) bond motifs is 1.